The molecular weight excluding hydrogens is 512 g/mol. The molecule has 0 N–H and O–H groups in total. The molecule has 0 aliphatic carbocycles. The maximum atomic E-state index is 4.90. The van der Waals surface area contributed by atoms with Crippen molar-refractivity contribution in [1.29, 1.82) is 0 Å². The molecule has 6 aromatic carbocycles. The lowest BCUT2D eigenvalue weighted by Gasteiger charge is -2.26. The fraction of sp³-hybridized carbons (Fsp3) is 0.0526. The van der Waals surface area contributed by atoms with E-state index in [0.29, 0.717) is 0 Å². The van der Waals surface area contributed by atoms with Gasteiger partial charge in [0.05, 0.1) is 0 Å². The first-order valence-electron chi connectivity index (χ1n) is 14.1. The van der Waals surface area contributed by atoms with E-state index in [-0.39, 0.29) is 0 Å². The molecule has 2 aliphatic heterocycles. The van der Waals surface area contributed by atoms with Crippen LogP contribution >= 0.6 is 0 Å². The van der Waals surface area contributed by atoms with Crippen LogP contribution < -0.4 is 0 Å². The van der Waals surface area contributed by atoms with Crippen molar-refractivity contribution >= 4 is 46.4 Å². The third kappa shape index (κ3) is 3.69. The van der Waals surface area contributed by atoms with Gasteiger partial charge in [0.15, 0.2) is 0 Å². The molecule has 0 aromatic heterocycles. The van der Waals surface area contributed by atoms with Crippen molar-refractivity contribution in [2.24, 2.45) is 20.0 Å². The molecule has 198 valence electrons. The molecule has 4 nitrogen and oxygen atoms in total. The topological polar surface area (TPSA) is 49.4 Å². The van der Waals surface area contributed by atoms with Crippen LogP contribution in [0.15, 0.2) is 153 Å². The van der Waals surface area contributed by atoms with E-state index in [2.05, 4.69) is 133 Å². The van der Waals surface area contributed by atoms with Gasteiger partial charge in [-0.3, -0.25) is 20.0 Å². The van der Waals surface area contributed by atoms with Gasteiger partial charge in [-0.15, -0.1) is 0 Å². The number of hydrogen-bond acceptors (Lipinski definition) is 4. The van der Waals surface area contributed by atoms with Crippen LogP contribution in [-0.4, -0.2) is 24.9 Å². The molecule has 4 heteroatoms. The third-order valence-electron chi connectivity index (χ3n) is 8.42. The summed E-state index contributed by atoms with van der Waals surface area (Å²) in [5, 5.41) is 4.68. The van der Waals surface area contributed by atoms with Crippen LogP contribution in [0.4, 0.5) is 0 Å². The molecule has 0 atom stereocenters. The van der Waals surface area contributed by atoms with Crippen LogP contribution in [0.25, 0.3) is 32.7 Å². The largest absolute Gasteiger partial charge is 0.253 e. The molecular formula is C38H26N4. The van der Waals surface area contributed by atoms with Gasteiger partial charge < -0.3 is 0 Å². The van der Waals surface area contributed by atoms with Crippen LogP contribution in [-0.2, 0) is 11.3 Å². The van der Waals surface area contributed by atoms with Gasteiger partial charge >= 0.3 is 0 Å². The van der Waals surface area contributed by atoms with Crippen molar-refractivity contribution in [3.8, 4) is 11.1 Å². The highest BCUT2D eigenvalue weighted by Gasteiger charge is 2.37. The average molecular weight is 539 g/mol. The quantitative estimate of drug-likeness (QED) is 0.212. The predicted molar refractivity (Wildman–Crippen MR) is 175 cm³/mol. The number of aliphatic imine (C=N–C) groups is 4. The van der Waals surface area contributed by atoms with Crippen molar-refractivity contribution < 1.29 is 0 Å². The Labute approximate surface area is 244 Å². The highest BCUT2D eigenvalue weighted by atomic mass is 15.1. The number of nitrogens with zero attached hydrogens (tertiary/aromatic N) is 4. The van der Waals surface area contributed by atoms with E-state index in [0.717, 1.165) is 44.2 Å². The van der Waals surface area contributed by atoms with Gasteiger partial charge in [0.25, 0.3) is 0 Å². The van der Waals surface area contributed by atoms with Gasteiger partial charge in [0.1, 0.15) is 0 Å². The maximum Gasteiger partial charge on any atom is 0.201 e. The molecule has 0 saturated heterocycles. The minimum absolute atomic E-state index is 0.785. The lowest BCUT2D eigenvalue weighted by atomic mass is 9.87. The van der Waals surface area contributed by atoms with E-state index in [1.807, 2.05) is 0 Å². The van der Waals surface area contributed by atoms with E-state index >= 15 is 0 Å². The number of hydrogen-bond donors (Lipinski definition) is 0. The molecule has 2 aliphatic rings. The smallest absolute Gasteiger partial charge is 0.201 e. The SMILES string of the molecule is C1=NC(c2ccc(-c3ccc(C4(c5cccc6ccccc56)N=CC=N4)cc3)cc2)(c2cccc3ccccc23)N=C1. The van der Waals surface area contributed by atoms with Crippen LogP contribution in [0.1, 0.15) is 22.3 Å². The summed E-state index contributed by atoms with van der Waals surface area (Å²) in [4.78, 5) is 19.6. The molecule has 0 amide bonds. The predicted octanol–water partition coefficient (Wildman–Crippen LogP) is 8.37. The fourth-order valence-corrected chi connectivity index (χ4v) is 6.37. The Kier molecular flexibility index (Phi) is 5.54. The Morgan fingerprint density at radius 2 is 0.690 bits per heavy atom. The zero-order valence-electron chi connectivity index (χ0n) is 22.8. The van der Waals surface area contributed by atoms with E-state index in [4.69, 9.17) is 20.0 Å². The van der Waals surface area contributed by atoms with Crippen molar-refractivity contribution in [3.63, 3.8) is 0 Å². The van der Waals surface area contributed by atoms with Gasteiger partial charge in [0, 0.05) is 47.1 Å². The minimum Gasteiger partial charge on any atom is -0.253 e. The summed E-state index contributed by atoms with van der Waals surface area (Å²) < 4.78 is 0. The summed E-state index contributed by atoms with van der Waals surface area (Å²) in [6.07, 6.45) is 7.20. The first kappa shape index (κ1) is 24.3. The van der Waals surface area contributed by atoms with Gasteiger partial charge in [-0.25, -0.2) is 0 Å². The van der Waals surface area contributed by atoms with Crippen molar-refractivity contribution in [2.75, 3.05) is 0 Å². The lowest BCUT2D eigenvalue weighted by molar-refractivity contribution is 0.596. The number of rotatable bonds is 5. The Morgan fingerprint density at radius 1 is 0.333 bits per heavy atom. The second-order valence-corrected chi connectivity index (χ2v) is 10.7. The van der Waals surface area contributed by atoms with Gasteiger partial charge in [-0.05, 0) is 32.7 Å². The Hall–Kier alpha value is -5.48. The zero-order valence-corrected chi connectivity index (χ0v) is 22.8. The molecule has 0 spiro atoms. The Morgan fingerprint density at radius 3 is 1.10 bits per heavy atom. The number of fused-ring (bicyclic) bond motifs is 2. The molecule has 0 saturated carbocycles. The normalized spacial score (nSPS) is 16.1. The molecule has 0 bridgehead atoms. The zero-order chi connectivity index (χ0) is 28.0. The molecule has 2 heterocycles. The van der Waals surface area contributed by atoms with Crippen molar-refractivity contribution in [2.45, 2.75) is 11.3 Å². The molecule has 0 unspecified atom stereocenters. The van der Waals surface area contributed by atoms with Crippen LogP contribution in [0.3, 0.4) is 0 Å². The molecule has 6 aromatic rings. The fourth-order valence-electron chi connectivity index (χ4n) is 6.37. The monoisotopic (exact) mass is 538 g/mol. The standard InChI is InChI=1S/C38H26N4/c1-3-11-33-29(7-1)9-5-13-35(33)37(39-23-24-40-37)31-19-15-27(16-20-31)28-17-21-32(22-18-28)38(41-25-26-42-38)36-14-6-10-30-8-2-4-12-34(30)36/h1-26H. The van der Waals surface area contributed by atoms with E-state index < -0.39 is 11.3 Å². The highest BCUT2D eigenvalue weighted by Crippen LogP contribution is 2.43. The van der Waals surface area contributed by atoms with E-state index in [1.165, 1.54) is 10.8 Å². The Balaban J connectivity index is 1.16. The first-order chi connectivity index (χ1) is 20.8. The summed E-state index contributed by atoms with van der Waals surface area (Å²) >= 11 is 0. The summed E-state index contributed by atoms with van der Waals surface area (Å²) in [5.41, 5.74) is 4.92. The lowest BCUT2D eigenvalue weighted by Crippen LogP contribution is -2.21. The Bertz CT molecular complexity index is 1900. The van der Waals surface area contributed by atoms with Crippen molar-refractivity contribution in [3.05, 3.63) is 156 Å². The molecule has 0 radical (unpaired) electrons. The summed E-state index contributed by atoms with van der Waals surface area (Å²) in [7, 11) is 0. The van der Waals surface area contributed by atoms with Crippen LogP contribution in [0.5, 0.6) is 0 Å². The van der Waals surface area contributed by atoms with Crippen molar-refractivity contribution in [1.82, 2.24) is 0 Å². The first-order valence-corrected chi connectivity index (χ1v) is 14.1. The maximum absolute atomic E-state index is 4.90. The summed E-state index contributed by atoms with van der Waals surface area (Å²) in [6, 6.07) is 46.8. The highest BCUT2D eigenvalue weighted by molar-refractivity contribution is 6.18. The van der Waals surface area contributed by atoms with E-state index in [9.17, 15) is 0 Å². The van der Waals surface area contributed by atoms with Crippen LogP contribution in [0.2, 0.25) is 0 Å². The molecule has 42 heavy (non-hydrogen) atoms. The average Bonchev–Trinajstić information content (AvgIpc) is 3.77. The summed E-state index contributed by atoms with van der Waals surface area (Å²) in [5.74, 6) is 0. The molecule has 8 rings (SSSR count). The minimum atomic E-state index is -0.785. The van der Waals surface area contributed by atoms with Gasteiger partial charge in [0.2, 0.25) is 11.3 Å². The van der Waals surface area contributed by atoms with E-state index in [1.54, 1.807) is 24.9 Å². The second kappa shape index (κ2) is 9.57. The molecule has 0 fully saturated rings. The van der Waals surface area contributed by atoms with Crippen LogP contribution in [0, 0.1) is 0 Å². The number of benzene rings is 6. The van der Waals surface area contributed by atoms with Gasteiger partial charge in [-0.2, -0.15) is 0 Å². The second-order valence-electron chi connectivity index (χ2n) is 10.7. The van der Waals surface area contributed by atoms with Gasteiger partial charge in [-0.1, -0.05) is 133 Å². The third-order valence-corrected chi connectivity index (χ3v) is 8.42. The summed E-state index contributed by atoms with van der Waals surface area (Å²) in [6.45, 7) is 0.